The van der Waals surface area contributed by atoms with Crippen molar-refractivity contribution in [3.05, 3.63) is 60.4 Å². The molecule has 2 heterocycles. The number of rotatable bonds is 2. The van der Waals surface area contributed by atoms with E-state index >= 15 is 0 Å². The Labute approximate surface area is 110 Å². The highest BCUT2D eigenvalue weighted by Gasteiger charge is 2.18. The van der Waals surface area contributed by atoms with E-state index in [0.717, 1.165) is 16.9 Å². The summed E-state index contributed by atoms with van der Waals surface area (Å²) in [6.07, 6.45) is 1.89. The molecule has 4 nitrogen and oxygen atoms in total. The highest BCUT2D eigenvalue weighted by molar-refractivity contribution is 5.96. The maximum absolute atomic E-state index is 11.8. The third-order valence-electron chi connectivity index (χ3n) is 2.96. The van der Waals surface area contributed by atoms with Crippen LogP contribution in [0.1, 0.15) is 10.5 Å². The summed E-state index contributed by atoms with van der Waals surface area (Å²) in [6, 6.07) is 15.4. The first-order chi connectivity index (χ1) is 9.31. The van der Waals surface area contributed by atoms with Gasteiger partial charge in [-0.2, -0.15) is 0 Å². The van der Waals surface area contributed by atoms with Crippen LogP contribution in [0.5, 0.6) is 0 Å². The molecule has 0 radical (unpaired) electrons. The molecule has 2 aromatic heterocycles. The predicted molar refractivity (Wildman–Crippen MR) is 72.0 cm³/mol. The van der Waals surface area contributed by atoms with Crippen molar-refractivity contribution < 1.29 is 9.53 Å². The number of hydrogen-bond donors (Lipinski definition) is 0. The molecule has 0 spiro atoms. The first kappa shape index (κ1) is 11.5. The fourth-order valence-corrected chi connectivity index (χ4v) is 2.08. The molecular weight excluding hydrogens is 240 g/mol. The second-order valence-corrected chi connectivity index (χ2v) is 4.10. The van der Waals surface area contributed by atoms with Crippen molar-refractivity contribution in [3.8, 4) is 11.4 Å². The van der Waals surface area contributed by atoms with Gasteiger partial charge in [0.05, 0.1) is 12.6 Å². The fourth-order valence-electron chi connectivity index (χ4n) is 2.08. The molecule has 0 amide bonds. The molecule has 0 atom stereocenters. The van der Waals surface area contributed by atoms with E-state index in [0.29, 0.717) is 5.69 Å². The lowest BCUT2D eigenvalue weighted by Gasteiger charge is -1.99. The lowest BCUT2D eigenvalue weighted by atomic mass is 10.2. The number of esters is 1. The largest absolute Gasteiger partial charge is 0.464 e. The van der Waals surface area contributed by atoms with Crippen LogP contribution in [-0.4, -0.2) is 22.5 Å². The Morgan fingerprint density at radius 3 is 2.58 bits per heavy atom. The number of aromatic nitrogens is 2. The lowest BCUT2D eigenvalue weighted by molar-refractivity contribution is 0.0597. The molecule has 0 bridgehead atoms. The quantitative estimate of drug-likeness (QED) is 0.659. The minimum atomic E-state index is -0.425. The van der Waals surface area contributed by atoms with Crippen molar-refractivity contribution in [1.29, 1.82) is 0 Å². The molecule has 0 aliphatic heterocycles. The minimum absolute atomic E-state index is 0.335. The Hall–Kier alpha value is -2.62. The minimum Gasteiger partial charge on any atom is -0.464 e. The normalized spacial score (nSPS) is 10.6. The molecule has 4 heteroatoms. The van der Waals surface area contributed by atoms with Gasteiger partial charge in [0.2, 0.25) is 0 Å². The van der Waals surface area contributed by atoms with Crippen LogP contribution in [0.4, 0.5) is 0 Å². The van der Waals surface area contributed by atoms with E-state index in [-0.39, 0.29) is 0 Å². The van der Waals surface area contributed by atoms with Gasteiger partial charge in [0.25, 0.3) is 0 Å². The van der Waals surface area contributed by atoms with Crippen molar-refractivity contribution in [2.45, 2.75) is 0 Å². The average Bonchev–Trinajstić information content (AvgIpc) is 2.87. The molecule has 3 aromatic rings. The van der Waals surface area contributed by atoms with Gasteiger partial charge in [0, 0.05) is 11.8 Å². The zero-order valence-corrected chi connectivity index (χ0v) is 10.4. The van der Waals surface area contributed by atoms with Gasteiger partial charge in [-0.15, -0.1) is 0 Å². The Balaban J connectivity index is 2.29. The average molecular weight is 252 g/mol. The van der Waals surface area contributed by atoms with Crippen LogP contribution in [0.2, 0.25) is 0 Å². The van der Waals surface area contributed by atoms with Gasteiger partial charge in [0.15, 0.2) is 5.69 Å². The van der Waals surface area contributed by atoms with Gasteiger partial charge in [0.1, 0.15) is 5.82 Å². The number of carbonyl (C=O) groups excluding carboxylic acids is 1. The summed E-state index contributed by atoms with van der Waals surface area (Å²) in [5, 5.41) is 0. The number of hydrogen-bond acceptors (Lipinski definition) is 3. The van der Waals surface area contributed by atoms with Crippen LogP contribution < -0.4 is 0 Å². The van der Waals surface area contributed by atoms with E-state index in [4.69, 9.17) is 4.74 Å². The number of methoxy groups -OCH3 is 1. The maximum atomic E-state index is 11.8. The Kier molecular flexibility index (Phi) is 2.76. The predicted octanol–water partition coefficient (Wildman–Crippen LogP) is 2.79. The molecule has 0 unspecified atom stereocenters. The zero-order chi connectivity index (χ0) is 13.2. The van der Waals surface area contributed by atoms with E-state index in [1.54, 1.807) is 0 Å². The van der Waals surface area contributed by atoms with Gasteiger partial charge < -0.3 is 4.74 Å². The van der Waals surface area contributed by atoms with Crippen LogP contribution in [0, 0.1) is 0 Å². The van der Waals surface area contributed by atoms with Gasteiger partial charge in [-0.1, -0.05) is 36.4 Å². The zero-order valence-electron chi connectivity index (χ0n) is 10.4. The number of benzene rings is 1. The second-order valence-electron chi connectivity index (χ2n) is 4.10. The summed E-state index contributed by atoms with van der Waals surface area (Å²) in [7, 11) is 1.36. The van der Waals surface area contributed by atoms with Crippen LogP contribution in [0.15, 0.2) is 54.7 Å². The number of pyridine rings is 1. The maximum Gasteiger partial charge on any atom is 0.358 e. The third kappa shape index (κ3) is 1.87. The van der Waals surface area contributed by atoms with E-state index in [1.807, 2.05) is 59.1 Å². The van der Waals surface area contributed by atoms with E-state index < -0.39 is 5.97 Å². The number of ether oxygens (including phenoxy) is 1. The number of fused-ring (bicyclic) bond motifs is 1. The summed E-state index contributed by atoms with van der Waals surface area (Å²) in [5.41, 5.74) is 2.04. The van der Waals surface area contributed by atoms with Crippen LogP contribution in [0.25, 0.3) is 16.9 Å². The first-order valence-corrected chi connectivity index (χ1v) is 5.92. The van der Waals surface area contributed by atoms with E-state index in [2.05, 4.69) is 4.98 Å². The van der Waals surface area contributed by atoms with Crippen molar-refractivity contribution in [2.75, 3.05) is 7.11 Å². The SMILES string of the molecule is COC(=O)c1nc(-c2ccccc2)n2ccccc12. The van der Waals surface area contributed by atoms with Crippen molar-refractivity contribution in [2.24, 2.45) is 0 Å². The van der Waals surface area contributed by atoms with Crippen LogP contribution >= 0.6 is 0 Å². The number of imidazole rings is 1. The molecule has 0 aliphatic rings. The number of nitrogens with zero attached hydrogens (tertiary/aromatic N) is 2. The van der Waals surface area contributed by atoms with Crippen LogP contribution in [0.3, 0.4) is 0 Å². The van der Waals surface area contributed by atoms with Crippen molar-refractivity contribution >= 4 is 11.5 Å². The fraction of sp³-hybridized carbons (Fsp3) is 0.0667. The smallest absolute Gasteiger partial charge is 0.358 e. The molecule has 94 valence electrons. The Morgan fingerprint density at radius 1 is 1.11 bits per heavy atom. The molecule has 3 rings (SSSR count). The topological polar surface area (TPSA) is 43.6 Å². The molecule has 0 fully saturated rings. The highest BCUT2D eigenvalue weighted by Crippen LogP contribution is 2.22. The van der Waals surface area contributed by atoms with Crippen molar-refractivity contribution in [3.63, 3.8) is 0 Å². The molecule has 0 N–H and O–H groups in total. The molecule has 19 heavy (non-hydrogen) atoms. The van der Waals surface area contributed by atoms with Gasteiger partial charge in [-0.3, -0.25) is 4.40 Å². The number of carbonyl (C=O) groups is 1. The van der Waals surface area contributed by atoms with Gasteiger partial charge in [-0.25, -0.2) is 9.78 Å². The first-order valence-electron chi connectivity index (χ1n) is 5.92. The molecule has 0 saturated carbocycles. The Bertz CT molecular complexity index is 732. The summed E-state index contributed by atoms with van der Waals surface area (Å²) < 4.78 is 6.67. The molecule has 1 aromatic carbocycles. The summed E-state index contributed by atoms with van der Waals surface area (Å²) in [6.45, 7) is 0. The second kappa shape index (κ2) is 4.57. The van der Waals surface area contributed by atoms with Crippen LogP contribution in [-0.2, 0) is 4.74 Å². The Morgan fingerprint density at radius 2 is 1.84 bits per heavy atom. The molecular formula is C15H12N2O2. The summed E-state index contributed by atoms with van der Waals surface area (Å²) in [5.74, 6) is 0.308. The summed E-state index contributed by atoms with van der Waals surface area (Å²) >= 11 is 0. The standard InChI is InChI=1S/C15H12N2O2/c1-19-15(18)13-12-9-5-6-10-17(12)14(16-13)11-7-3-2-4-8-11/h2-10H,1H3. The molecule has 0 aliphatic carbocycles. The van der Waals surface area contributed by atoms with Crippen molar-refractivity contribution in [1.82, 2.24) is 9.38 Å². The monoisotopic (exact) mass is 252 g/mol. The molecule has 0 saturated heterocycles. The third-order valence-corrected chi connectivity index (χ3v) is 2.96. The van der Waals surface area contributed by atoms with Gasteiger partial charge >= 0.3 is 5.97 Å². The van der Waals surface area contributed by atoms with Gasteiger partial charge in [-0.05, 0) is 12.1 Å². The van der Waals surface area contributed by atoms with E-state index in [1.165, 1.54) is 7.11 Å². The highest BCUT2D eigenvalue weighted by atomic mass is 16.5. The summed E-state index contributed by atoms with van der Waals surface area (Å²) in [4.78, 5) is 16.2. The lowest BCUT2D eigenvalue weighted by Crippen LogP contribution is -2.02. The van der Waals surface area contributed by atoms with E-state index in [9.17, 15) is 4.79 Å².